The quantitative estimate of drug-likeness (QED) is 0.0630. The molecular weight excluding hydrogens is 706 g/mol. The number of allylic oxidation sites excluding steroid dienone is 2. The van der Waals surface area contributed by atoms with E-state index in [0.29, 0.717) is 15.3 Å². The Morgan fingerprint density at radius 3 is 1.44 bits per heavy atom. The Balaban J connectivity index is 1.54. The predicted molar refractivity (Wildman–Crippen MR) is 159 cm³/mol. The molecule has 0 spiro atoms. The zero-order valence-corrected chi connectivity index (χ0v) is 25.6. The fourth-order valence-corrected chi connectivity index (χ4v) is 5.14. The molecule has 0 atom stereocenters. The predicted octanol–water partition coefficient (Wildman–Crippen LogP) is 8.60. The maximum Gasteiger partial charge on any atom is 0.206 e. The van der Waals surface area contributed by atoms with E-state index in [4.69, 9.17) is 20.0 Å². The van der Waals surface area contributed by atoms with Crippen LogP contribution in [0.15, 0.2) is 42.0 Å². The highest BCUT2D eigenvalue weighted by Crippen LogP contribution is 2.31. The van der Waals surface area contributed by atoms with E-state index in [2.05, 4.69) is 0 Å². The van der Waals surface area contributed by atoms with Crippen molar-refractivity contribution >= 4 is 34.7 Å². The van der Waals surface area contributed by atoms with E-state index in [-0.39, 0.29) is 29.9 Å². The van der Waals surface area contributed by atoms with Crippen LogP contribution >= 0.6 is 11.3 Å². The summed E-state index contributed by atoms with van der Waals surface area (Å²) in [5.41, 5.74) is 0.439. The standard InChI is InChI=1S/C33H16F10N4O2S/c34-22-24(36)28(40)32(29(41)25(22)37)48-11-9-47(10-12-49-33-30(42)26(38)23(35)27(39)31(33)43)18-4-1-16(2-5-18)3-6-19-7-8-21(50-19)20(15-46)17(13-44)14-45/h1-8H,9-12H2/b6-3+. The van der Waals surface area contributed by atoms with Gasteiger partial charge in [-0.05, 0) is 35.9 Å². The van der Waals surface area contributed by atoms with Crippen molar-refractivity contribution in [1.29, 1.82) is 15.8 Å². The summed E-state index contributed by atoms with van der Waals surface area (Å²) >= 11 is 1.13. The largest absolute Gasteiger partial charge is 0.486 e. The number of hydrogen-bond donors (Lipinski definition) is 0. The van der Waals surface area contributed by atoms with Gasteiger partial charge in [-0.15, -0.1) is 11.3 Å². The second kappa shape index (κ2) is 15.9. The summed E-state index contributed by atoms with van der Waals surface area (Å²) in [6, 6.07) is 14.4. The zero-order valence-electron chi connectivity index (χ0n) is 24.7. The Morgan fingerprint density at radius 2 is 1.02 bits per heavy atom. The maximum atomic E-state index is 14.1. The molecule has 0 bridgehead atoms. The van der Waals surface area contributed by atoms with Gasteiger partial charge < -0.3 is 14.4 Å². The second-order valence-corrected chi connectivity index (χ2v) is 10.8. The molecule has 3 aromatic carbocycles. The van der Waals surface area contributed by atoms with Crippen molar-refractivity contribution in [3.63, 3.8) is 0 Å². The molecule has 0 aliphatic carbocycles. The highest BCUT2D eigenvalue weighted by molar-refractivity contribution is 7.14. The summed E-state index contributed by atoms with van der Waals surface area (Å²) in [4.78, 5) is 2.33. The summed E-state index contributed by atoms with van der Waals surface area (Å²) in [6.07, 6.45) is 3.30. The van der Waals surface area contributed by atoms with E-state index in [1.165, 1.54) is 17.0 Å². The minimum Gasteiger partial charge on any atom is -0.486 e. The molecule has 4 rings (SSSR count). The SMILES string of the molecule is N#CC(C#N)=C(C#N)c1ccc(/C=C/c2ccc(N(CCOc3c(F)c(F)c(F)c(F)c3F)CCOc3c(F)c(F)c(F)c(F)c3F)cc2)s1. The lowest BCUT2D eigenvalue weighted by molar-refractivity contribution is 0.254. The van der Waals surface area contributed by atoms with Gasteiger partial charge in [0.25, 0.3) is 0 Å². The third-order valence-electron chi connectivity index (χ3n) is 6.71. The minimum atomic E-state index is -2.40. The van der Waals surface area contributed by atoms with E-state index in [0.717, 1.165) is 11.3 Å². The van der Waals surface area contributed by atoms with E-state index in [9.17, 15) is 49.2 Å². The van der Waals surface area contributed by atoms with E-state index in [1.807, 2.05) is 6.07 Å². The topological polar surface area (TPSA) is 93.1 Å². The van der Waals surface area contributed by atoms with Crippen LogP contribution < -0.4 is 14.4 Å². The van der Waals surface area contributed by atoms with Gasteiger partial charge in [0, 0.05) is 15.4 Å². The molecule has 256 valence electrons. The monoisotopic (exact) mass is 722 g/mol. The molecule has 0 unspecified atom stereocenters. The molecule has 0 saturated heterocycles. The van der Waals surface area contributed by atoms with Gasteiger partial charge in [-0.1, -0.05) is 18.2 Å². The average molecular weight is 723 g/mol. The van der Waals surface area contributed by atoms with Crippen molar-refractivity contribution in [2.45, 2.75) is 0 Å². The molecule has 0 saturated carbocycles. The summed E-state index contributed by atoms with van der Waals surface area (Å²) in [6.45, 7) is -2.20. The number of nitriles is 3. The lowest BCUT2D eigenvalue weighted by Crippen LogP contribution is -2.33. The summed E-state index contributed by atoms with van der Waals surface area (Å²) in [5.74, 6) is -25.8. The number of rotatable bonds is 12. The van der Waals surface area contributed by atoms with Gasteiger partial charge in [0.2, 0.25) is 58.2 Å². The molecule has 1 heterocycles. The van der Waals surface area contributed by atoms with Crippen LogP contribution in [-0.4, -0.2) is 26.3 Å². The zero-order chi connectivity index (χ0) is 36.7. The van der Waals surface area contributed by atoms with Gasteiger partial charge in [0.05, 0.1) is 18.7 Å². The van der Waals surface area contributed by atoms with Gasteiger partial charge in [0.15, 0.2) is 11.5 Å². The Kier molecular flexibility index (Phi) is 11.7. The fraction of sp³-hybridized carbons (Fsp3) is 0.121. The molecule has 4 aromatic rings. The van der Waals surface area contributed by atoms with Crippen LogP contribution in [0.1, 0.15) is 15.3 Å². The summed E-state index contributed by atoms with van der Waals surface area (Å²) in [5, 5.41) is 27.5. The summed E-state index contributed by atoms with van der Waals surface area (Å²) in [7, 11) is 0. The highest BCUT2D eigenvalue weighted by Gasteiger charge is 2.28. The van der Waals surface area contributed by atoms with Gasteiger partial charge in [-0.3, -0.25) is 0 Å². The van der Waals surface area contributed by atoms with Crippen LogP contribution in [0.3, 0.4) is 0 Å². The number of hydrogen-bond acceptors (Lipinski definition) is 7. The molecule has 50 heavy (non-hydrogen) atoms. The maximum absolute atomic E-state index is 14.1. The van der Waals surface area contributed by atoms with Crippen molar-refractivity contribution in [1.82, 2.24) is 0 Å². The summed E-state index contributed by atoms with van der Waals surface area (Å²) < 4.78 is 147. The Hall–Kier alpha value is -5.99. The molecule has 1 aromatic heterocycles. The Bertz CT molecular complexity index is 1980. The van der Waals surface area contributed by atoms with Crippen molar-refractivity contribution in [2.24, 2.45) is 0 Å². The lowest BCUT2D eigenvalue weighted by atomic mass is 10.1. The number of benzene rings is 3. The Morgan fingerprint density at radius 1 is 0.580 bits per heavy atom. The first-order valence-corrected chi connectivity index (χ1v) is 14.5. The van der Waals surface area contributed by atoms with Crippen molar-refractivity contribution in [3.05, 3.63) is 115 Å². The number of halogens is 10. The third-order valence-corrected chi connectivity index (χ3v) is 7.78. The number of anilines is 1. The molecule has 0 amide bonds. The van der Waals surface area contributed by atoms with Crippen molar-refractivity contribution < 1.29 is 53.4 Å². The van der Waals surface area contributed by atoms with Crippen LogP contribution in [0.4, 0.5) is 49.6 Å². The van der Waals surface area contributed by atoms with E-state index < -0.39 is 82.9 Å². The Labute approximate surface area is 280 Å². The number of nitrogens with zero attached hydrogens (tertiary/aromatic N) is 4. The molecule has 17 heteroatoms. The molecule has 6 nitrogen and oxygen atoms in total. The second-order valence-electron chi connectivity index (χ2n) is 9.69. The van der Waals surface area contributed by atoms with Crippen molar-refractivity contribution in [3.8, 4) is 29.7 Å². The molecule has 0 aliphatic heterocycles. The number of thiophene rings is 1. The van der Waals surface area contributed by atoms with Crippen molar-refractivity contribution in [2.75, 3.05) is 31.2 Å². The molecule has 0 fully saturated rings. The van der Waals surface area contributed by atoms with Crippen LogP contribution in [0.5, 0.6) is 11.5 Å². The highest BCUT2D eigenvalue weighted by atomic mass is 32.1. The average Bonchev–Trinajstić information content (AvgIpc) is 3.60. The smallest absolute Gasteiger partial charge is 0.206 e. The molecule has 0 radical (unpaired) electrons. The van der Waals surface area contributed by atoms with Gasteiger partial charge in [-0.2, -0.15) is 33.3 Å². The van der Waals surface area contributed by atoms with E-state index >= 15 is 0 Å². The lowest BCUT2D eigenvalue weighted by Gasteiger charge is -2.25. The first-order valence-electron chi connectivity index (χ1n) is 13.7. The van der Waals surface area contributed by atoms with Crippen LogP contribution in [0.25, 0.3) is 17.7 Å². The van der Waals surface area contributed by atoms with Crippen LogP contribution in [-0.2, 0) is 0 Å². The first kappa shape index (κ1) is 36.8. The number of ether oxygens (including phenoxy) is 2. The fourth-order valence-electron chi connectivity index (χ4n) is 4.23. The normalized spacial score (nSPS) is 10.8. The van der Waals surface area contributed by atoms with Crippen LogP contribution in [0.2, 0.25) is 0 Å². The molecule has 0 aliphatic rings. The molecular formula is C33H16F10N4O2S. The minimum absolute atomic E-state index is 0.0857. The van der Waals surface area contributed by atoms with Gasteiger partial charge in [0.1, 0.15) is 37.0 Å². The van der Waals surface area contributed by atoms with Gasteiger partial charge >= 0.3 is 0 Å². The van der Waals surface area contributed by atoms with E-state index in [1.54, 1.807) is 48.6 Å². The molecule has 0 N–H and O–H groups in total. The van der Waals surface area contributed by atoms with Gasteiger partial charge in [-0.25, -0.2) is 26.3 Å². The van der Waals surface area contributed by atoms with Crippen LogP contribution in [0, 0.1) is 92.2 Å². The first-order chi connectivity index (χ1) is 23.8. The third kappa shape index (κ3) is 7.66.